The maximum absolute atomic E-state index is 13.4. The van der Waals surface area contributed by atoms with Crippen LogP contribution in [0.15, 0.2) is 64.5 Å². The number of nitrogens with zero attached hydrogens (tertiary/aromatic N) is 2. The second kappa shape index (κ2) is 6.62. The van der Waals surface area contributed by atoms with Gasteiger partial charge in [0.15, 0.2) is 0 Å². The van der Waals surface area contributed by atoms with Crippen molar-refractivity contribution in [1.29, 1.82) is 0 Å². The Bertz CT molecular complexity index is 1110. The average Bonchev–Trinajstić information content (AvgIpc) is 2.78. The Hall–Kier alpha value is -3.01. The first kappa shape index (κ1) is 17.4. The van der Waals surface area contributed by atoms with E-state index in [9.17, 15) is 9.18 Å². The van der Waals surface area contributed by atoms with Crippen molar-refractivity contribution < 1.29 is 4.39 Å². The lowest BCUT2D eigenvalue weighted by Gasteiger charge is -2.14. The average molecular weight is 360 g/mol. The van der Waals surface area contributed by atoms with Gasteiger partial charge in [-0.05, 0) is 54.3 Å². The maximum atomic E-state index is 13.4. The molecule has 1 atom stereocenters. The molecule has 1 aromatic heterocycles. The van der Waals surface area contributed by atoms with Crippen LogP contribution in [-0.4, -0.2) is 10.3 Å². The topological polar surface area (TPSA) is 34.4 Å². The van der Waals surface area contributed by atoms with E-state index in [0.29, 0.717) is 0 Å². The van der Waals surface area contributed by atoms with Gasteiger partial charge in [-0.3, -0.25) is 9.79 Å². The standard InChI is InChI=1S/C23H21FN2O/c1-4-15-5-10-18-20(11-15)21-13-26(3)22(27)12-19(21)14(2)25-23(18)16-6-8-17(24)9-7-16/h5-14H,4H2,1-3H3/t14-/m0/s1. The Morgan fingerprint density at radius 1 is 1.04 bits per heavy atom. The number of hydrogen-bond donors (Lipinski definition) is 0. The molecular formula is C23H21FN2O. The quantitative estimate of drug-likeness (QED) is 0.654. The zero-order valence-corrected chi connectivity index (χ0v) is 15.7. The van der Waals surface area contributed by atoms with Crippen LogP contribution in [0.5, 0.6) is 0 Å². The fraction of sp³-hybridized carbons (Fsp3) is 0.217. The van der Waals surface area contributed by atoms with Crippen molar-refractivity contribution in [1.82, 2.24) is 4.57 Å². The van der Waals surface area contributed by atoms with Crippen LogP contribution < -0.4 is 5.56 Å². The van der Waals surface area contributed by atoms with Crippen LogP contribution in [0.3, 0.4) is 0 Å². The summed E-state index contributed by atoms with van der Waals surface area (Å²) in [5, 5.41) is 0. The molecule has 4 rings (SSSR count). The molecule has 0 fully saturated rings. The van der Waals surface area contributed by atoms with E-state index in [0.717, 1.165) is 39.9 Å². The van der Waals surface area contributed by atoms with Crippen molar-refractivity contribution in [3.63, 3.8) is 0 Å². The second-order valence-corrected chi connectivity index (χ2v) is 6.99. The minimum atomic E-state index is -0.270. The molecule has 27 heavy (non-hydrogen) atoms. The smallest absolute Gasteiger partial charge is 0.250 e. The van der Waals surface area contributed by atoms with Crippen LogP contribution in [0.25, 0.3) is 11.1 Å². The van der Waals surface area contributed by atoms with Crippen molar-refractivity contribution in [2.24, 2.45) is 12.0 Å². The number of aliphatic imine (C=N–C) groups is 1. The molecule has 1 aliphatic rings. The molecule has 0 amide bonds. The van der Waals surface area contributed by atoms with E-state index in [1.165, 1.54) is 17.7 Å². The third-order valence-electron chi connectivity index (χ3n) is 5.19. The number of rotatable bonds is 2. The normalized spacial score (nSPS) is 15.6. The van der Waals surface area contributed by atoms with Gasteiger partial charge in [0.2, 0.25) is 0 Å². The molecule has 0 unspecified atom stereocenters. The Balaban J connectivity index is 2.05. The first-order valence-electron chi connectivity index (χ1n) is 9.16. The predicted octanol–water partition coefficient (Wildman–Crippen LogP) is 4.67. The molecule has 3 nitrogen and oxygen atoms in total. The van der Waals surface area contributed by atoms with Crippen molar-refractivity contribution in [3.05, 3.63) is 93.2 Å². The zero-order valence-electron chi connectivity index (χ0n) is 15.7. The maximum Gasteiger partial charge on any atom is 0.250 e. The van der Waals surface area contributed by atoms with Gasteiger partial charge in [-0.15, -0.1) is 0 Å². The molecule has 0 spiro atoms. The third-order valence-corrected chi connectivity index (χ3v) is 5.19. The molecule has 1 aliphatic heterocycles. The summed E-state index contributed by atoms with van der Waals surface area (Å²) >= 11 is 0. The van der Waals surface area contributed by atoms with E-state index in [4.69, 9.17) is 4.99 Å². The van der Waals surface area contributed by atoms with Gasteiger partial charge in [-0.1, -0.05) is 25.1 Å². The van der Waals surface area contributed by atoms with Gasteiger partial charge < -0.3 is 4.57 Å². The van der Waals surface area contributed by atoms with Crippen LogP contribution in [0.2, 0.25) is 0 Å². The molecule has 0 radical (unpaired) electrons. The summed E-state index contributed by atoms with van der Waals surface area (Å²) in [4.78, 5) is 17.2. The highest BCUT2D eigenvalue weighted by Gasteiger charge is 2.23. The number of hydrogen-bond acceptors (Lipinski definition) is 2. The van der Waals surface area contributed by atoms with Crippen LogP contribution in [0, 0.1) is 5.82 Å². The molecule has 0 saturated heterocycles. The second-order valence-electron chi connectivity index (χ2n) is 6.99. The Labute approximate surface area is 157 Å². The first-order chi connectivity index (χ1) is 13.0. The number of halogens is 1. The number of aromatic nitrogens is 1. The Morgan fingerprint density at radius 2 is 1.78 bits per heavy atom. The molecular weight excluding hydrogens is 339 g/mol. The van der Waals surface area contributed by atoms with E-state index in [2.05, 4.69) is 25.1 Å². The lowest BCUT2D eigenvalue weighted by molar-refractivity contribution is 0.628. The number of aryl methyl sites for hydroxylation is 2. The highest BCUT2D eigenvalue weighted by Crippen LogP contribution is 2.37. The predicted molar refractivity (Wildman–Crippen MR) is 107 cm³/mol. The van der Waals surface area contributed by atoms with E-state index >= 15 is 0 Å². The highest BCUT2D eigenvalue weighted by atomic mass is 19.1. The minimum absolute atomic E-state index is 0.0470. The van der Waals surface area contributed by atoms with E-state index in [1.54, 1.807) is 29.8 Å². The third kappa shape index (κ3) is 3.01. The fourth-order valence-corrected chi connectivity index (χ4v) is 3.63. The van der Waals surface area contributed by atoms with E-state index in [1.807, 2.05) is 13.1 Å². The molecule has 3 aromatic rings. The van der Waals surface area contributed by atoms with E-state index < -0.39 is 0 Å². The summed E-state index contributed by atoms with van der Waals surface area (Å²) in [5.41, 5.74) is 6.88. The van der Waals surface area contributed by atoms with E-state index in [-0.39, 0.29) is 17.4 Å². The zero-order chi connectivity index (χ0) is 19.1. The van der Waals surface area contributed by atoms with Crippen molar-refractivity contribution in [2.45, 2.75) is 26.3 Å². The van der Waals surface area contributed by atoms with Crippen LogP contribution >= 0.6 is 0 Å². The summed E-state index contributed by atoms with van der Waals surface area (Å²) < 4.78 is 15.0. The molecule has 0 bridgehead atoms. The number of benzene rings is 2. The van der Waals surface area contributed by atoms with Crippen LogP contribution in [0.1, 0.15) is 42.1 Å². The monoisotopic (exact) mass is 360 g/mol. The fourth-order valence-electron chi connectivity index (χ4n) is 3.63. The number of fused-ring (bicyclic) bond motifs is 3. The molecule has 2 aromatic carbocycles. The molecule has 4 heteroatoms. The van der Waals surface area contributed by atoms with Gasteiger partial charge in [-0.2, -0.15) is 0 Å². The highest BCUT2D eigenvalue weighted by molar-refractivity contribution is 6.17. The Kier molecular flexibility index (Phi) is 4.27. The lowest BCUT2D eigenvalue weighted by atomic mass is 9.90. The lowest BCUT2D eigenvalue weighted by Crippen LogP contribution is -2.17. The van der Waals surface area contributed by atoms with Gasteiger partial charge in [0.25, 0.3) is 5.56 Å². The summed E-state index contributed by atoms with van der Waals surface area (Å²) in [7, 11) is 1.77. The molecule has 2 heterocycles. The van der Waals surface area contributed by atoms with Crippen LogP contribution in [0.4, 0.5) is 4.39 Å². The molecule has 136 valence electrons. The van der Waals surface area contributed by atoms with Crippen molar-refractivity contribution in [3.8, 4) is 11.1 Å². The largest absolute Gasteiger partial charge is 0.318 e. The van der Waals surface area contributed by atoms with Gasteiger partial charge >= 0.3 is 0 Å². The molecule has 0 N–H and O–H groups in total. The summed E-state index contributed by atoms with van der Waals surface area (Å²) in [6.07, 6.45) is 2.82. The van der Waals surface area contributed by atoms with Crippen LogP contribution in [-0.2, 0) is 13.5 Å². The van der Waals surface area contributed by atoms with Gasteiger partial charge in [0.1, 0.15) is 5.82 Å². The Morgan fingerprint density at radius 3 is 2.48 bits per heavy atom. The van der Waals surface area contributed by atoms with Gasteiger partial charge in [-0.25, -0.2) is 4.39 Å². The number of pyridine rings is 1. The summed E-state index contributed by atoms with van der Waals surface area (Å²) in [5.74, 6) is -0.270. The van der Waals surface area contributed by atoms with Crippen molar-refractivity contribution in [2.75, 3.05) is 0 Å². The molecule has 0 aliphatic carbocycles. The SMILES string of the molecule is CCc1ccc2c(c1)-c1cn(C)c(=O)cc1[C@H](C)N=C2c1ccc(F)cc1. The minimum Gasteiger partial charge on any atom is -0.318 e. The van der Waals surface area contributed by atoms with Crippen molar-refractivity contribution >= 4 is 5.71 Å². The molecule has 0 saturated carbocycles. The first-order valence-corrected chi connectivity index (χ1v) is 9.16. The summed E-state index contributed by atoms with van der Waals surface area (Å²) in [6.45, 7) is 4.12. The van der Waals surface area contributed by atoms with Gasteiger partial charge in [0.05, 0.1) is 11.8 Å². The van der Waals surface area contributed by atoms with Gasteiger partial charge in [0, 0.05) is 36.0 Å². The summed E-state index contributed by atoms with van der Waals surface area (Å²) in [6, 6.07) is 14.3.